The molecule has 5 heteroatoms. The first kappa shape index (κ1) is 15.5. The summed E-state index contributed by atoms with van der Waals surface area (Å²) in [7, 11) is 0. The summed E-state index contributed by atoms with van der Waals surface area (Å²) >= 11 is 0. The minimum absolute atomic E-state index is 0.0611. The Morgan fingerprint density at radius 1 is 1.25 bits per heavy atom. The van der Waals surface area contributed by atoms with Gasteiger partial charge in [-0.15, -0.1) is 6.58 Å². The fourth-order valence-corrected chi connectivity index (χ4v) is 1.14. The zero-order valence-electron chi connectivity index (χ0n) is 9.67. The van der Waals surface area contributed by atoms with Crippen molar-refractivity contribution in [2.75, 3.05) is 19.8 Å². The Kier molecular flexibility index (Phi) is 8.42. The quantitative estimate of drug-likeness (QED) is 0.317. The van der Waals surface area contributed by atoms with Crippen LogP contribution in [0.4, 0.5) is 0 Å². The van der Waals surface area contributed by atoms with Crippen molar-refractivity contribution in [3.63, 3.8) is 0 Å². The smallest absolute Gasteiger partial charge is 0.110 e. The van der Waals surface area contributed by atoms with Gasteiger partial charge in [-0.25, -0.2) is 0 Å². The predicted molar refractivity (Wildman–Crippen MR) is 60.0 cm³/mol. The maximum atomic E-state index is 9.36. The first-order chi connectivity index (χ1) is 7.49. The lowest BCUT2D eigenvalue weighted by molar-refractivity contribution is -0.0996. The van der Waals surface area contributed by atoms with Gasteiger partial charge in [0.25, 0.3) is 0 Å². The molecule has 0 bridgehead atoms. The van der Waals surface area contributed by atoms with E-state index in [1.807, 2.05) is 6.92 Å². The van der Waals surface area contributed by atoms with Gasteiger partial charge in [0.1, 0.15) is 18.3 Å². The van der Waals surface area contributed by atoms with Gasteiger partial charge in [0.15, 0.2) is 0 Å². The van der Waals surface area contributed by atoms with Crippen LogP contribution in [0.25, 0.3) is 0 Å². The van der Waals surface area contributed by atoms with E-state index in [1.54, 1.807) is 0 Å². The van der Waals surface area contributed by atoms with E-state index in [0.29, 0.717) is 6.61 Å². The Bertz CT molecular complexity index is 195. The molecule has 0 heterocycles. The summed E-state index contributed by atoms with van der Waals surface area (Å²) in [4.78, 5) is 0. The average molecular weight is 234 g/mol. The standard InChI is InChI=1S/C11H22O5/c1-8(2)4-3-5-16-7-10(14)11(15)9(13)6-12/h9-15H,1,3-7H2,2H3. The maximum absolute atomic E-state index is 9.36. The average Bonchev–Trinajstić information content (AvgIpc) is 2.25. The van der Waals surface area contributed by atoms with Crippen LogP contribution in [0.3, 0.4) is 0 Å². The Balaban J connectivity index is 3.56. The molecule has 0 aromatic rings. The summed E-state index contributed by atoms with van der Waals surface area (Å²) in [5.41, 5.74) is 1.07. The molecule has 0 spiro atoms. The molecule has 5 nitrogen and oxygen atoms in total. The van der Waals surface area contributed by atoms with Crippen molar-refractivity contribution in [1.82, 2.24) is 0 Å². The molecule has 3 atom stereocenters. The summed E-state index contributed by atoms with van der Waals surface area (Å²) < 4.78 is 5.12. The second kappa shape index (κ2) is 8.66. The number of allylic oxidation sites excluding steroid dienone is 1. The number of aliphatic hydroxyl groups is 4. The lowest BCUT2D eigenvalue weighted by atomic mass is 10.1. The molecule has 0 fully saturated rings. The number of hydrogen-bond acceptors (Lipinski definition) is 5. The van der Waals surface area contributed by atoms with E-state index in [2.05, 4.69) is 6.58 Å². The van der Waals surface area contributed by atoms with Crippen LogP contribution in [0.2, 0.25) is 0 Å². The first-order valence-electron chi connectivity index (χ1n) is 5.36. The van der Waals surface area contributed by atoms with Crippen molar-refractivity contribution >= 4 is 0 Å². The summed E-state index contributed by atoms with van der Waals surface area (Å²) in [5.74, 6) is 0. The van der Waals surface area contributed by atoms with Gasteiger partial charge in [0.05, 0.1) is 13.2 Å². The van der Waals surface area contributed by atoms with E-state index in [1.165, 1.54) is 0 Å². The molecule has 3 unspecified atom stereocenters. The topological polar surface area (TPSA) is 90.2 Å². The molecule has 96 valence electrons. The van der Waals surface area contributed by atoms with E-state index >= 15 is 0 Å². The zero-order valence-corrected chi connectivity index (χ0v) is 9.67. The van der Waals surface area contributed by atoms with Crippen molar-refractivity contribution < 1.29 is 25.2 Å². The van der Waals surface area contributed by atoms with Crippen LogP contribution in [-0.4, -0.2) is 58.6 Å². The Hall–Kier alpha value is -0.460. The van der Waals surface area contributed by atoms with Crippen molar-refractivity contribution in [2.24, 2.45) is 0 Å². The highest BCUT2D eigenvalue weighted by Crippen LogP contribution is 2.03. The lowest BCUT2D eigenvalue weighted by Gasteiger charge is -2.21. The second-order valence-corrected chi connectivity index (χ2v) is 3.94. The van der Waals surface area contributed by atoms with E-state index in [0.717, 1.165) is 18.4 Å². The van der Waals surface area contributed by atoms with Gasteiger partial charge in [-0.2, -0.15) is 0 Å². The molecule has 0 radical (unpaired) electrons. The van der Waals surface area contributed by atoms with Gasteiger partial charge in [0.2, 0.25) is 0 Å². The molecule has 0 saturated heterocycles. The van der Waals surface area contributed by atoms with Crippen molar-refractivity contribution in [3.8, 4) is 0 Å². The summed E-state index contributed by atoms with van der Waals surface area (Å²) in [6, 6.07) is 0. The molecule has 0 aliphatic carbocycles. The zero-order chi connectivity index (χ0) is 12.6. The van der Waals surface area contributed by atoms with Gasteiger partial charge in [-0.1, -0.05) is 5.57 Å². The molecule has 0 aliphatic rings. The van der Waals surface area contributed by atoms with Crippen LogP contribution in [0.5, 0.6) is 0 Å². The van der Waals surface area contributed by atoms with Gasteiger partial charge >= 0.3 is 0 Å². The van der Waals surface area contributed by atoms with Crippen LogP contribution < -0.4 is 0 Å². The van der Waals surface area contributed by atoms with Crippen molar-refractivity contribution in [2.45, 2.75) is 38.1 Å². The normalized spacial score (nSPS) is 16.8. The molecule has 4 N–H and O–H groups in total. The van der Waals surface area contributed by atoms with E-state index in [4.69, 9.17) is 14.9 Å². The van der Waals surface area contributed by atoms with E-state index in [-0.39, 0.29) is 6.61 Å². The third kappa shape index (κ3) is 6.92. The molecule has 0 saturated carbocycles. The maximum Gasteiger partial charge on any atom is 0.110 e. The number of rotatable bonds is 9. The highest BCUT2D eigenvalue weighted by molar-refractivity contribution is 4.87. The van der Waals surface area contributed by atoms with E-state index in [9.17, 15) is 10.2 Å². The minimum Gasteiger partial charge on any atom is -0.394 e. The van der Waals surface area contributed by atoms with Crippen molar-refractivity contribution in [3.05, 3.63) is 12.2 Å². The molecular formula is C11H22O5. The molecule has 0 rings (SSSR count). The molecular weight excluding hydrogens is 212 g/mol. The highest BCUT2D eigenvalue weighted by Gasteiger charge is 2.23. The van der Waals surface area contributed by atoms with Crippen LogP contribution in [0.15, 0.2) is 12.2 Å². The van der Waals surface area contributed by atoms with Crippen LogP contribution >= 0.6 is 0 Å². The van der Waals surface area contributed by atoms with Gasteiger partial charge < -0.3 is 25.2 Å². The predicted octanol–water partition coefficient (Wildman–Crippen LogP) is -0.566. The first-order valence-corrected chi connectivity index (χ1v) is 5.36. The Morgan fingerprint density at radius 2 is 1.88 bits per heavy atom. The van der Waals surface area contributed by atoms with Gasteiger partial charge in [0, 0.05) is 6.61 Å². The monoisotopic (exact) mass is 234 g/mol. The number of hydrogen-bond donors (Lipinski definition) is 4. The molecule has 0 amide bonds. The fraction of sp³-hybridized carbons (Fsp3) is 0.818. The Labute approximate surface area is 96.0 Å². The van der Waals surface area contributed by atoms with Crippen LogP contribution in [-0.2, 0) is 4.74 Å². The van der Waals surface area contributed by atoms with Crippen LogP contribution in [0.1, 0.15) is 19.8 Å². The second-order valence-electron chi connectivity index (χ2n) is 3.94. The summed E-state index contributed by atoms with van der Waals surface area (Å²) in [5, 5.41) is 36.2. The van der Waals surface area contributed by atoms with E-state index < -0.39 is 24.9 Å². The minimum atomic E-state index is -1.38. The third-order valence-electron chi connectivity index (χ3n) is 2.16. The SMILES string of the molecule is C=C(C)CCCOCC(O)C(O)C(O)CO. The van der Waals surface area contributed by atoms with Crippen LogP contribution in [0, 0.1) is 0 Å². The largest absolute Gasteiger partial charge is 0.394 e. The van der Waals surface area contributed by atoms with Crippen molar-refractivity contribution in [1.29, 1.82) is 0 Å². The van der Waals surface area contributed by atoms with Gasteiger partial charge in [-0.05, 0) is 19.8 Å². The lowest BCUT2D eigenvalue weighted by Crippen LogP contribution is -2.41. The number of aliphatic hydroxyl groups excluding tert-OH is 4. The molecule has 0 aliphatic heterocycles. The summed E-state index contributed by atoms with van der Waals surface area (Å²) in [6.07, 6.45) is -2.24. The highest BCUT2D eigenvalue weighted by atomic mass is 16.5. The third-order valence-corrected chi connectivity index (χ3v) is 2.16. The number of ether oxygens (including phenoxy) is 1. The Morgan fingerprint density at radius 3 is 2.38 bits per heavy atom. The molecule has 16 heavy (non-hydrogen) atoms. The fourth-order valence-electron chi connectivity index (χ4n) is 1.14. The summed E-state index contributed by atoms with van der Waals surface area (Å²) in [6.45, 7) is 5.49. The van der Waals surface area contributed by atoms with Gasteiger partial charge in [-0.3, -0.25) is 0 Å². The molecule has 0 aromatic heterocycles. The molecule has 0 aromatic carbocycles.